The van der Waals surface area contributed by atoms with E-state index in [-0.39, 0.29) is 0 Å². The van der Waals surface area contributed by atoms with Crippen LogP contribution in [-0.4, -0.2) is 7.05 Å². The smallest absolute Gasteiger partial charge is 0.0493 e. The Hall–Kier alpha value is -0.640. The molecule has 2 aromatic rings. The molecule has 0 aliphatic carbocycles. The van der Waals surface area contributed by atoms with E-state index in [1.165, 1.54) is 14.9 Å². The SMILES string of the molecule is CCC(c1ccccc1)C(NC)c1sccc1Br. The van der Waals surface area contributed by atoms with E-state index in [1.54, 1.807) is 0 Å². The molecule has 96 valence electrons. The van der Waals surface area contributed by atoms with Gasteiger partial charge in [-0.3, -0.25) is 0 Å². The van der Waals surface area contributed by atoms with Crippen molar-refractivity contribution in [3.63, 3.8) is 0 Å². The molecule has 1 aromatic heterocycles. The lowest BCUT2D eigenvalue weighted by atomic mass is 9.88. The van der Waals surface area contributed by atoms with Crippen LogP contribution in [0.5, 0.6) is 0 Å². The number of halogens is 1. The quantitative estimate of drug-likeness (QED) is 0.819. The molecular weight excluding hydrogens is 306 g/mol. The Bertz CT molecular complexity index is 480. The van der Waals surface area contributed by atoms with Crippen molar-refractivity contribution in [3.8, 4) is 0 Å². The van der Waals surface area contributed by atoms with Gasteiger partial charge in [0, 0.05) is 21.3 Å². The summed E-state index contributed by atoms with van der Waals surface area (Å²) >= 11 is 5.46. The summed E-state index contributed by atoms with van der Waals surface area (Å²) in [6.07, 6.45) is 1.12. The predicted molar refractivity (Wildman–Crippen MR) is 83.3 cm³/mol. The largest absolute Gasteiger partial charge is 0.312 e. The third kappa shape index (κ3) is 2.85. The van der Waals surface area contributed by atoms with Crippen molar-refractivity contribution >= 4 is 27.3 Å². The highest BCUT2D eigenvalue weighted by Gasteiger charge is 2.24. The van der Waals surface area contributed by atoms with Crippen molar-refractivity contribution in [2.75, 3.05) is 7.05 Å². The first-order chi connectivity index (χ1) is 8.77. The summed E-state index contributed by atoms with van der Waals surface area (Å²) in [5.74, 6) is 0.506. The Kier molecular flexibility index (Phi) is 4.98. The minimum absolute atomic E-state index is 0.367. The monoisotopic (exact) mass is 323 g/mol. The Morgan fingerprint density at radius 3 is 2.44 bits per heavy atom. The van der Waals surface area contributed by atoms with Gasteiger partial charge in [0.05, 0.1) is 0 Å². The van der Waals surface area contributed by atoms with Gasteiger partial charge in [-0.05, 0) is 46.4 Å². The molecule has 0 radical (unpaired) electrons. The van der Waals surface area contributed by atoms with E-state index in [1.807, 2.05) is 18.4 Å². The number of hydrogen-bond acceptors (Lipinski definition) is 2. The standard InChI is InChI=1S/C15H18BrNS/c1-3-12(11-7-5-4-6-8-11)14(17-2)15-13(16)9-10-18-15/h4-10,12,14,17H,3H2,1-2H3. The van der Waals surface area contributed by atoms with E-state index < -0.39 is 0 Å². The van der Waals surface area contributed by atoms with Gasteiger partial charge in [-0.2, -0.15) is 0 Å². The van der Waals surface area contributed by atoms with Crippen LogP contribution in [-0.2, 0) is 0 Å². The van der Waals surface area contributed by atoms with E-state index in [0.717, 1.165) is 6.42 Å². The minimum Gasteiger partial charge on any atom is -0.312 e. The third-order valence-corrected chi connectivity index (χ3v) is 5.26. The zero-order valence-electron chi connectivity index (χ0n) is 10.7. The highest BCUT2D eigenvalue weighted by molar-refractivity contribution is 9.10. The number of rotatable bonds is 5. The van der Waals surface area contributed by atoms with E-state index in [0.29, 0.717) is 12.0 Å². The molecule has 1 N–H and O–H groups in total. The molecule has 2 atom stereocenters. The summed E-state index contributed by atoms with van der Waals surface area (Å²) in [4.78, 5) is 1.38. The molecule has 2 rings (SSSR count). The second-order valence-electron chi connectivity index (χ2n) is 4.32. The van der Waals surface area contributed by atoms with E-state index >= 15 is 0 Å². The first-order valence-electron chi connectivity index (χ1n) is 6.23. The summed E-state index contributed by atoms with van der Waals surface area (Å²) in [5.41, 5.74) is 1.40. The fraction of sp³-hybridized carbons (Fsp3) is 0.333. The van der Waals surface area contributed by atoms with E-state index in [4.69, 9.17) is 0 Å². The van der Waals surface area contributed by atoms with Crippen LogP contribution in [0.4, 0.5) is 0 Å². The molecule has 0 aliphatic heterocycles. The zero-order chi connectivity index (χ0) is 13.0. The molecule has 18 heavy (non-hydrogen) atoms. The normalized spacial score (nSPS) is 14.4. The highest BCUT2D eigenvalue weighted by Crippen LogP contribution is 2.39. The molecular formula is C15H18BrNS. The van der Waals surface area contributed by atoms with Gasteiger partial charge in [0.25, 0.3) is 0 Å². The minimum atomic E-state index is 0.367. The average molecular weight is 324 g/mol. The number of hydrogen-bond donors (Lipinski definition) is 1. The molecule has 0 saturated carbocycles. The van der Waals surface area contributed by atoms with Crippen molar-refractivity contribution < 1.29 is 0 Å². The van der Waals surface area contributed by atoms with Gasteiger partial charge in [0.1, 0.15) is 0 Å². The molecule has 1 nitrogen and oxygen atoms in total. The molecule has 0 spiro atoms. The lowest BCUT2D eigenvalue weighted by Crippen LogP contribution is -2.23. The number of thiophene rings is 1. The molecule has 1 heterocycles. The maximum Gasteiger partial charge on any atom is 0.0493 e. The van der Waals surface area contributed by atoms with Crippen LogP contribution >= 0.6 is 27.3 Å². The second kappa shape index (κ2) is 6.50. The molecule has 3 heteroatoms. The summed E-state index contributed by atoms with van der Waals surface area (Å²) in [5, 5.41) is 5.62. The van der Waals surface area contributed by atoms with E-state index in [9.17, 15) is 0 Å². The molecule has 1 aromatic carbocycles. The summed E-state index contributed by atoms with van der Waals surface area (Å²) in [6.45, 7) is 2.25. The van der Waals surface area contributed by atoms with Gasteiger partial charge in [0.2, 0.25) is 0 Å². The molecule has 0 amide bonds. The molecule has 2 unspecified atom stereocenters. The lowest BCUT2D eigenvalue weighted by molar-refractivity contribution is 0.473. The van der Waals surface area contributed by atoms with Crippen LogP contribution in [0.2, 0.25) is 0 Å². The summed E-state index contributed by atoms with van der Waals surface area (Å²) < 4.78 is 1.21. The first-order valence-corrected chi connectivity index (χ1v) is 7.90. The molecule has 0 bridgehead atoms. The van der Waals surface area contributed by atoms with Crippen LogP contribution in [0, 0.1) is 0 Å². The van der Waals surface area contributed by atoms with Crippen LogP contribution in [0.25, 0.3) is 0 Å². The number of benzene rings is 1. The fourth-order valence-corrected chi connectivity index (χ4v) is 4.20. The van der Waals surface area contributed by atoms with Crippen molar-refractivity contribution in [2.24, 2.45) is 0 Å². The number of nitrogens with one attached hydrogen (secondary N) is 1. The second-order valence-corrected chi connectivity index (χ2v) is 6.13. The molecule has 0 fully saturated rings. The molecule has 0 aliphatic rings. The Morgan fingerprint density at radius 1 is 1.22 bits per heavy atom. The van der Waals surface area contributed by atoms with Gasteiger partial charge in [-0.1, -0.05) is 37.3 Å². The van der Waals surface area contributed by atoms with Crippen LogP contribution in [0.3, 0.4) is 0 Å². The topological polar surface area (TPSA) is 12.0 Å². The predicted octanol–water partition coefficient (Wildman–Crippen LogP) is 4.96. The Labute approximate surface area is 121 Å². The van der Waals surface area contributed by atoms with Gasteiger partial charge in [-0.25, -0.2) is 0 Å². The lowest BCUT2D eigenvalue weighted by Gasteiger charge is -2.26. The van der Waals surface area contributed by atoms with Crippen molar-refractivity contribution in [2.45, 2.75) is 25.3 Å². The van der Waals surface area contributed by atoms with Crippen LogP contribution in [0.15, 0.2) is 46.3 Å². The maximum absolute atomic E-state index is 3.65. The zero-order valence-corrected chi connectivity index (χ0v) is 13.1. The third-order valence-electron chi connectivity index (χ3n) is 3.31. The van der Waals surface area contributed by atoms with Gasteiger partial charge >= 0.3 is 0 Å². The van der Waals surface area contributed by atoms with Gasteiger partial charge in [-0.15, -0.1) is 11.3 Å². The highest BCUT2D eigenvalue weighted by atomic mass is 79.9. The number of likely N-dealkylation sites (N-methyl/N-ethyl adjacent to an activating group) is 1. The fourth-order valence-electron chi connectivity index (χ4n) is 2.41. The van der Waals surface area contributed by atoms with Gasteiger partial charge in [0.15, 0.2) is 0 Å². The average Bonchev–Trinajstić information content (AvgIpc) is 2.83. The van der Waals surface area contributed by atoms with Crippen molar-refractivity contribution in [1.82, 2.24) is 5.32 Å². The molecule has 0 saturated heterocycles. The van der Waals surface area contributed by atoms with Crippen molar-refractivity contribution in [1.29, 1.82) is 0 Å². The Morgan fingerprint density at radius 2 is 1.94 bits per heavy atom. The Balaban J connectivity index is 2.34. The van der Waals surface area contributed by atoms with Crippen LogP contribution < -0.4 is 5.32 Å². The first kappa shape index (κ1) is 13.8. The summed E-state index contributed by atoms with van der Waals surface area (Å²) in [6, 6.07) is 13.3. The van der Waals surface area contributed by atoms with Crippen molar-refractivity contribution in [3.05, 3.63) is 56.7 Å². The van der Waals surface area contributed by atoms with E-state index in [2.05, 4.69) is 69.9 Å². The summed E-state index contributed by atoms with van der Waals surface area (Å²) in [7, 11) is 2.04. The van der Waals surface area contributed by atoms with Gasteiger partial charge < -0.3 is 5.32 Å². The van der Waals surface area contributed by atoms with Crippen LogP contribution in [0.1, 0.15) is 35.7 Å². The maximum atomic E-state index is 3.65.